The molecule has 0 radical (unpaired) electrons. The molecule has 1 aromatic heterocycles. The summed E-state index contributed by atoms with van der Waals surface area (Å²) in [5.41, 5.74) is -1.03. The smallest absolute Gasteiger partial charge is 0.342 e. The van der Waals surface area contributed by atoms with Gasteiger partial charge in [-0.15, -0.1) is 10.2 Å². The van der Waals surface area contributed by atoms with Crippen LogP contribution in [0.3, 0.4) is 0 Å². The highest BCUT2D eigenvalue weighted by Crippen LogP contribution is 2.29. The Morgan fingerprint density at radius 3 is 2.43 bits per heavy atom. The number of carbonyl (C=O) groups excluding carboxylic acids is 1. The van der Waals surface area contributed by atoms with Gasteiger partial charge in [0.1, 0.15) is 5.03 Å². The Morgan fingerprint density at radius 1 is 1.24 bits per heavy atom. The van der Waals surface area contributed by atoms with Crippen LogP contribution in [0.25, 0.3) is 0 Å². The molecule has 0 aromatic carbocycles. The second-order valence-electron chi connectivity index (χ2n) is 4.90. The van der Waals surface area contributed by atoms with Crippen LogP contribution in [0, 0.1) is 0 Å². The molecule has 0 aliphatic carbocycles. The molecule has 2 heterocycles. The fourth-order valence-electron chi connectivity index (χ4n) is 2.14. The van der Waals surface area contributed by atoms with Crippen molar-refractivity contribution < 1.29 is 18.0 Å². The van der Waals surface area contributed by atoms with Crippen molar-refractivity contribution in [2.24, 2.45) is 0 Å². The number of alkyl halides is 3. The van der Waals surface area contributed by atoms with Gasteiger partial charge >= 0.3 is 6.18 Å². The predicted molar refractivity (Wildman–Crippen MR) is 72.8 cm³/mol. The van der Waals surface area contributed by atoms with Gasteiger partial charge in [-0.1, -0.05) is 11.8 Å². The van der Waals surface area contributed by atoms with Crippen LogP contribution >= 0.6 is 11.8 Å². The molecule has 1 saturated heterocycles. The van der Waals surface area contributed by atoms with E-state index in [1.54, 1.807) is 11.8 Å². The zero-order chi connectivity index (χ0) is 15.5. The molecule has 0 spiro atoms. The maximum atomic E-state index is 12.4. The summed E-state index contributed by atoms with van der Waals surface area (Å²) in [6, 6.07) is 2.13. The molecule has 1 aliphatic heterocycles. The molecular formula is C13H16F3N3OS. The number of likely N-dealkylation sites (tertiary alicyclic amines) is 1. The van der Waals surface area contributed by atoms with Crippen molar-refractivity contribution in [3.63, 3.8) is 0 Å². The summed E-state index contributed by atoms with van der Waals surface area (Å²) >= 11 is 1.13. The molecule has 1 unspecified atom stereocenters. The van der Waals surface area contributed by atoms with E-state index in [0.29, 0.717) is 5.03 Å². The quantitative estimate of drug-likeness (QED) is 0.804. The van der Waals surface area contributed by atoms with Gasteiger partial charge in [-0.25, -0.2) is 0 Å². The number of piperidine rings is 1. The topological polar surface area (TPSA) is 46.1 Å². The van der Waals surface area contributed by atoms with Gasteiger partial charge in [0.15, 0.2) is 5.69 Å². The van der Waals surface area contributed by atoms with Gasteiger partial charge in [0.2, 0.25) is 5.91 Å². The minimum Gasteiger partial charge on any atom is -0.342 e. The van der Waals surface area contributed by atoms with E-state index in [1.165, 1.54) is 6.07 Å². The number of hydrogen-bond donors (Lipinski definition) is 0. The average molecular weight is 319 g/mol. The molecule has 21 heavy (non-hydrogen) atoms. The lowest BCUT2D eigenvalue weighted by molar-refractivity contribution is -0.141. The molecule has 8 heteroatoms. The lowest BCUT2D eigenvalue weighted by Gasteiger charge is -2.28. The number of halogens is 3. The van der Waals surface area contributed by atoms with Gasteiger partial charge < -0.3 is 4.90 Å². The van der Waals surface area contributed by atoms with Crippen LogP contribution in [0.1, 0.15) is 31.9 Å². The molecule has 116 valence electrons. The Hall–Kier alpha value is -1.31. The molecule has 0 saturated carbocycles. The molecule has 1 aromatic rings. The molecule has 0 bridgehead atoms. The molecule has 1 atom stereocenters. The van der Waals surface area contributed by atoms with Gasteiger partial charge in [-0.3, -0.25) is 4.79 Å². The Bertz CT molecular complexity index is 486. The molecule has 0 N–H and O–H groups in total. The second-order valence-corrected chi connectivity index (χ2v) is 6.26. The number of rotatable bonds is 3. The van der Waals surface area contributed by atoms with Crippen molar-refractivity contribution in [2.75, 3.05) is 13.1 Å². The Kier molecular flexibility index (Phi) is 5.08. The lowest BCUT2D eigenvalue weighted by Crippen LogP contribution is -2.40. The monoisotopic (exact) mass is 319 g/mol. The molecular weight excluding hydrogens is 303 g/mol. The van der Waals surface area contributed by atoms with Crippen LogP contribution in [0.4, 0.5) is 13.2 Å². The van der Waals surface area contributed by atoms with Crippen LogP contribution in [-0.2, 0) is 11.0 Å². The van der Waals surface area contributed by atoms with Crippen LogP contribution in [0.15, 0.2) is 17.2 Å². The molecule has 1 fully saturated rings. The van der Waals surface area contributed by atoms with Crippen LogP contribution in [0.5, 0.6) is 0 Å². The minimum absolute atomic E-state index is 0.00129. The summed E-state index contributed by atoms with van der Waals surface area (Å²) in [7, 11) is 0. The van der Waals surface area contributed by atoms with Crippen LogP contribution in [0.2, 0.25) is 0 Å². The number of amides is 1. The van der Waals surface area contributed by atoms with E-state index in [0.717, 1.165) is 50.2 Å². The Morgan fingerprint density at radius 2 is 1.90 bits per heavy atom. The summed E-state index contributed by atoms with van der Waals surface area (Å²) in [6.45, 7) is 3.24. The van der Waals surface area contributed by atoms with E-state index in [4.69, 9.17) is 0 Å². The Labute approximate surface area is 125 Å². The fourth-order valence-corrected chi connectivity index (χ4v) is 2.98. The minimum atomic E-state index is -4.49. The lowest BCUT2D eigenvalue weighted by atomic mass is 10.1. The van der Waals surface area contributed by atoms with E-state index in [2.05, 4.69) is 10.2 Å². The van der Waals surface area contributed by atoms with Crippen molar-refractivity contribution in [3.8, 4) is 0 Å². The first-order chi connectivity index (χ1) is 9.88. The number of thioether (sulfide) groups is 1. The number of aromatic nitrogens is 2. The molecule has 1 aliphatic rings. The van der Waals surface area contributed by atoms with Gasteiger partial charge in [-0.05, 0) is 38.3 Å². The first-order valence-electron chi connectivity index (χ1n) is 6.74. The van der Waals surface area contributed by atoms with Crippen molar-refractivity contribution in [1.82, 2.24) is 15.1 Å². The van der Waals surface area contributed by atoms with Crippen molar-refractivity contribution in [1.29, 1.82) is 0 Å². The van der Waals surface area contributed by atoms with E-state index in [-0.39, 0.29) is 11.2 Å². The van der Waals surface area contributed by atoms with Gasteiger partial charge in [0.25, 0.3) is 0 Å². The summed E-state index contributed by atoms with van der Waals surface area (Å²) in [4.78, 5) is 14.0. The van der Waals surface area contributed by atoms with Gasteiger partial charge in [0.05, 0.1) is 5.25 Å². The third kappa shape index (κ3) is 4.33. The normalized spacial score (nSPS) is 17.6. The van der Waals surface area contributed by atoms with Crippen LogP contribution in [-0.4, -0.2) is 39.3 Å². The largest absolute Gasteiger partial charge is 0.435 e. The molecule has 2 rings (SSSR count). The van der Waals surface area contributed by atoms with E-state index < -0.39 is 11.9 Å². The standard InChI is InChI=1S/C13H16F3N3OS/c1-9(12(20)19-7-3-2-4-8-19)21-11-6-5-10(17-18-11)13(14,15)16/h5-6,9H,2-4,7-8H2,1H3. The zero-order valence-corrected chi connectivity index (χ0v) is 12.4. The number of carbonyl (C=O) groups is 1. The maximum Gasteiger partial charge on any atom is 0.435 e. The van der Waals surface area contributed by atoms with Crippen molar-refractivity contribution in [3.05, 3.63) is 17.8 Å². The average Bonchev–Trinajstić information content (AvgIpc) is 2.47. The summed E-state index contributed by atoms with van der Waals surface area (Å²) in [5, 5.41) is 6.63. The van der Waals surface area contributed by atoms with Crippen LogP contribution < -0.4 is 0 Å². The first-order valence-corrected chi connectivity index (χ1v) is 7.62. The number of nitrogens with zero attached hydrogens (tertiary/aromatic N) is 3. The summed E-state index contributed by atoms with van der Waals surface area (Å²) < 4.78 is 37.1. The fraction of sp³-hybridized carbons (Fsp3) is 0.615. The second kappa shape index (κ2) is 6.64. The molecule has 1 amide bonds. The SMILES string of the molecule is CC(Sc1ccc(C(F)(F)F)nn1)C(=O)N1CCCCC1. The maximum absolute atomic E-state index is 12.4. The molecule has 4 nitrogen and oxygen atoms in total. The summed E-state index contributed by atoms with van der Waals surface area (Å²) in [5.74, 6) is 0.00129. The number of hydrogen-bond acceptors (Lipinski definition) is 4. The third-order valence-corrected chi connectivity index (χ3v) is 4.26. The summed E-state index contributed by atoms with van der Waals surface area (Å²) in [6.07, 6.45) is -1.35. The van der Waals surface area contributed by atoms with Gasteiger partial charge in [0, 0.05) is 13.1 Å². The van der Waals surface area contributed by atoms with E-state index >= 15 is 0 Å². The zero-order valence-electron chi connectivity index (χ0n) is 11.6. The van der Waals surface area contributed by atoms with E-state index in [9.17, 15) is 18.0 Å². The highest BCUT2D eigenvalue weighted by molar-refractivity contribution is 8.00. The first kappa shape index (κ1) is 16.1. The highest BCUT2D eigenvalue weighted by atomic mass is 32.2. The highest BCUT2D eigenvalue weighted by Gasteiger charge is 2.33. The van der Waals surface area contributed by atoms with E-state index in [1.807, 2.05) is 0 Å². The van der Waals surface area contributed by atoms with Crippen molar-refractivity contribution >= 4 is 17.7 Å². The van der Waals surface area contributed by atoms with Gasteiger partial charge in [-0.2, -0.15) is 13.2 Å². The third-order valence-electron chi connectivity index (χ3n) is 3.24. The Balaban J connectivity index is 1.95. The predicted octanol–water partition coefficient (Wildman–Crippen LogP) is 2.99. The van der Waals surface area contributed by atoms with Crippen molar-refractivity contribution in [2.45, 2.75) is 42.6 Å².